The summed E-state index contributed by atoms with van der Waals surface area (Å²) in [6.07, 6.45) is -4.44. The van der Waals surface area contributed by atoms with Crippen molar-refractivity contribution in [3.05, 3.63) is 29.8 Å². The van der Waals surface area contributed by atoms with Gasteiger partial charge in [-0.05, 0) is 24.9 Å². The number of nitrogens with one attached hydrogen (secondary N) is 1. The molecule has 8 heteroatoms. The van der Waals surface area contributed by atoms with Crippen LogP contribution in [0.15, 0.2) is 24.3 Å². The van der Waals surface area contributed by atoms with Gasteiger partial charge in [0.25, 0.3) is 0 Å². The number of piperidine rings is 1. The number of para-hydroxylation sites is 1. The molecule has 2 N–H and O–H groups in total. The van der Waals surface area contributed by atoms with E-state index >= 15 is 0 Å². The van der Waals surface area contributed by atoms with E-state index < -0.39 is 12.5 Å². The number of carbonyl (C=O) groups is 1. The Kier molecular flexibility index (Phi) is 6.06. The second kappa shape index (κ2) is 7.85. The molecule has 1 aliphatic heterocycles. The molecule has 1 amide bonds. The molecular weight excluding hydrogens is 325 g/mol. The molecule has 24 heavy (non-hydrogen) atoms. The summed E-state index contributed by atoms with van der Waals surface area (Å²) >= 11 is 0. The number of amides is 1. The number of likely N-dealkylation sites (tertiary alicyclic amines) is 1. The van der Waals surface area contributed by atoms with Gasteiger partial charge in [-0.25, -0.2) is 0 Å². The summed E-state index contributed by atoms with van der Waals surface area (Å²) < 4.78 is 41.0. The number of hydrogen-bond acceptors (Lipinski definition) is 4. The number of aliphatic hydroxyl groups is 1. The fourth-order valence-electron chi connectivity index (χ4n) is 2.58. The second-order valence-corrected chi connectivity index (χ2v) is 6.00. The number of nitrogens with zero attached hydrogens (tertiary/aromatic N) is 1. The summed E-state index contributed by atoms with van der Waals surface area (Å²) in [6.45, 7) is 3.13. The van der Waals surface area contributed by atoms with Gasteiger partial charge in [-0.1, -0.05) is 25.1 Å². The van der Waals surface area contributed by atoms with Gasteiger partial charge in [-0.15, -0.1) is 13.2 Å². The highest BCUT2D eigenvalue weighted by Gasteiger charge is 2.32. The van der Waals surface area contributed by atoms with Gasteiger partial charge >= 0.3 is 6.36 Å². The topological polar surface area (TPSA) is 61.8 Å². The third kappa shape index (κ3) is 5.68. The summed E-state index contributed by atoms with van der Waals surface area (Å²) in [6, 6.07) is 5.68. The first-order chi connectivity index (χ1) is 11.2. The molecule has 134 valence electrons. The van der Waals surface area contributed by atoms with E-state index in [9.17, 15) is 23.1 Å². The second-order valence-electron chi connectivity index (χ2n) is 6.00. The predicted octanol–water partition coefficient (Wildman–Crippen LogP) is 1.90. The lowest BCUT2D eigenvalue weighted by atomic mass is 9.96. The van der Waals surface area contributed by atoms with Crippen LogP contribution in [0.5, 0.6) is 5.75 Å². The number of benzene rings is 1. The normalized spacial score (nSPS) is 22.2. The molecule has 1 saturated heterocycles. The summed E-state index contributed by atoms with van der Waals surface area (Å²) in [7, 11) is 0. The molecule has 1 aromatic carbocycles. The molecule has 0 bridgehead atoms. The van der Waals surface area contributed by atoms with Gasteiger partial charge in [0, 0.05) is 18.7 Å². The number of halogens is 3. The maximum atomic E-state index is 12.4. The van der Waals surface area contributed by atoms with Gasteiger partial charge in [0.15, 0.2) is 0 Å². The highest BCUT2D eigenvalue weighted by molar-refractivity contribution is 5.78. The van der Waals surface area contributed by atoms with Crippen molar-refractivity contribution in [2.24, 2.45) is 5.92 Å². The average Bonchev–Trinajstić information content (AvgIpc) is 2.48. The van der Waals surface area contributed by atoms with E-state index in [1.807, 2.05) is 11.8 Å². The predicted molar refractivity (Wildman–Crippen MR) is 81.2 cm³/mol. The lowest BCUT2D eigenvalue weighted by Gasteiger charge is -2.33. The Morgan fingerprint density at radius 2 is 2.12 bits per heavy atom. The largest absolute Gasteiger partial charge is 0.573 e. The number of carbonyl (C=O) groups excluding carboxylic acids is 1. The van der Waals surface area contributed by atoms with E-state index in [4.69, 9.17) is 0 Å². The van der Waals surface area contributed by atoms with Crippen molar-refractivity contribution >= 4 is 5.91 Å². The third-order valence-electron chi connectivity index (χ3n) is 4.04. The van der Waals surface area contributed by atoms with Crippen LogP contribution in [0.1, 0.15) is 18.9 Å². The first-order valence-electron chi connectivity index (χ1n) is 7.75. The lowest BCUT2D eigenvalue weighted by Crippen LogP contribution is -2.46. The smallest absolute Gasteiger partial charge is 0.405 e. The Hall–Kier alpha value is -1.80. The van der Waals surface area contributed by atoms with E-state index in [0.29, 0.717) is 13.1 Å². The van der Waals surface area contributed by atoms with E-state index in [1.165, 1.54) is 18.2 Å². The number of β-amino-alcohol motifs (C(OH)–C–C–N with tert-alkyl or cyclic N) is 1. The minimum Gasteiger partial charge on any atom is -0.405 e. The monoisotopic (exact) mass is 346 g/mol. The summed E-state index contributed by atoms with van der Waals surface area (Å²) in [4.78, 5) is 13.8. The first-order valence-corrected chi connectivity index (χ1v) is 7.75. The van der Waals surface area contributed by atoms with Crippen molar-refractivity contribution in [3.63, 3.8) is 0 Å². The van der Waals surface area contributed by atoms with Crippen LogP contribution < -0.4 is 10.1 Å². The number of hydrogen-bond donors (Lipinski definition) is 2. The third-order valence-corrected chi connectivity index (χ3v) is 4.04. The van der Waals surface area contributed by atoms with E-state index in [-0.39, 0.29) is 36.2 Å². The molecule has 2 atom stereocenters. The molecular formula is C16H21F3N2O3. The zero-order valence-electron chi connectivity index (χ0n) is 13.3. The molecule has 1 aromatic rings. The highest BCUT2D eigenvalue weighted by Crippen LogP contribution is 2.26. The number of aliphatic hydroxyl groups excluding tert-OH is 1. The molecule has 1 aliphatic rings. The van der Waals surface area contributed by atoms with Gasteiger partial charge in [0.05, 0.1) is 12.6 Å². The van der Waals surface area contributed by atoms with Crippen LogP contribution in [0, 0.1) is 5.92 Å². The molecule has 0 spiro atoms. The summed E-state index contributed by atoms with van der Waals surface area (Å²) in [5.74, 6) is -0.429. The maximum absolute atomic E-state index is 12.4. The van der Waals surface area contributed by atoms with Crippen molar-refractivity contribution in [3.8, 4) is 5.75 Å². The Morgan fingerprint density at radius 1 is 1.42 bits per heavy atom. The molecule has 5 nitrogen and oxygen atoms in total. The van der Waals surface area contributed by atoms with Crippen molar-refractivity contribution in [1.82, 2.24) is 10.2 Å². The van der Waals surface area contributed by atoms with E-state index in [2.05, 4.69) is 10.1 Å². The lowest BCUT2D eigenvalue weighted by molar-refractivity contribution is -0.274. The molecule has 2 rings (SSSR count). The van der Waals surface area contributed by atoms with Crippen molar-refractivity contribution in [1.29, 1.82) is 0 Å². The molecule has 1 fully saturated rings. The van der Waals surface area contributed by atoms with Crippen LogP contribution in [0.25, 0.3) is 0 Å². The van der Waals surface area contributed by atoms with Crippen LogP contribution in [0.4, 0.5) is 13.2 Å². The zero-order valence-corrected chi connectivity index (χ0v) is 13.3. The number of alkyl halides is 3. The standard InChI is InChI=1S/C16H21F3N2O3/c1-11-6-7-21(9-13(11)22)10-15(23)20-8-12-4-2-3-5-14(12)24-16(17,18)19/h2-5,11,13,22H,6-10H2,1H3,(H,20,23). The maximum Gasteiger partial charge on any atom is 0.573 e. The van der Waals surface area contributed by atoms with Crippen LogP contribution in [0.2, 0.25) is 0 Å². The number of rotatable bonds is 5. The van der Waals surface area contributed by atoms with Gasteiger partial charge in [0.2, 0.25) is 5.91 Å². The Morgan fingerprint density at radius 3 is 2.79 bits per heavy atom. The minimum absolute atomic E-state index is 0.0577. The van der Waals surface area contributed by atoms with Gasteiger partial charge in [-0.2, -0.15) is 0 Å². The SMILES string of the molecule is CC1CCN(CC(=O)NCc2ccccc2OC(F)(F)F)CC1O. The number of ether oxygens (including phenoxy) is 1. The van der Waals surface area contributed by atoms with E-state index in [1.54, 1.807) is 6.07 Å². The molecule has 1 heterocycles. The van der Waals surface area contributed by atoms with Crippen LogP contribution >= 0.6 is 0 Å². The van der Waals surface area contributed by atoms with Crippen molar-refractivity contribution in [2.45, 2.75) is 32.4 Å². The molecule has 0 radical (unpaired) electrons. The average molecular weight is 346 g/mol. The summed E-state index contributed by atoms with van der Waals surface area (Å²) in [5, 5.41) is 12.4. The molecule has 0 saturated carbocycles. The Labute approximate surface area is 138 Å². The van der Waals surface area contributed by atoms with E-state index in [0.717, 1.165) is 6.42 Å². The first kappa shape index (κ1) is 18.5. The highest BCUT2D eigenvalue weighted by atomic mass is 19.4. The van der Waals surface area contributed by atoms with Gasteiger partial charge < -0.3 is 15.2 Å². The fourth-order valence-corrected chi connectivity index (χ4v) is 2.58. The Bertz CT molecular complexity index is 566. The van der Waals surface area contributed by atoms with Crippen LogP contribution in [-0.2, 0) is 11.3 Å². The summed E-state index contributed by atoms with van der Waals surface area (Å²) in [5.41, 5.74) is 0.246. The minimum atomic E-state index is -4.78. The van der Waals surface area contributed by atoms with Crippen LogP contribution in [0.3, 0.4) is 0 Å². The van der Waals surface area contributed by atoms with Crippen LogP contribution in [-0.4, -0.2) is 48.0 Å². The molecule has 0 aliphatic carbocycles. The van der Waals surface area contributed by atoms with Gasteiger partial charge in [0.1, 0.15) is 5.75 Å². The Balaban J connectivity index is 1.86. The van der Waals surface area contributed by atoms with Crippen molar-refractivity contribution in [2.75, 3.05) is 19.6 Å². The molecule has 0 aromatic heterocycles. The van der Waals surface area contributed by atoms with Gasteiger partial charge in [-0.3, -0.25) is 9.69 Å². The quantitative estimate of drug-likeness (QED) is 0.855. The van der Waals surface area contributed by atoms with Crippen molar-refractivity contribution < 1.29 is 27.8 Å². The molecule has 2 unspecified atom stereocenters. The fraction of sp³-hybridized carbons (Fsp3) is 0.562. The zero-order chi connectivity index (χ0) is 17.7.